The minimum absolute atomic E-state index is 0.238. The zero-order valence-corrected chi connectivity index (χ0v) is 11.7. The van der Waals surface area contributed by atoms with Crippen molar-refractivity contribution in [2.24, 2.45) is 18.7 Å². The predicted octanol–water partition coefficient (Wildman–Crippen LogP) is 2.44. The maximum atomic E-state index is 6.32. The molecule has 4 nitrogen and oxygen atoms in total. The van der Waals surface area contributed by atoms with Gasteiger partial charge >= 0.3 is 0 Å². The summed E-state index contributed by atoms with van der Waals surface area (Å²) in [5.74, 6) is 2.08. The Bertz CT molecular complexity index is 388. The van der Waals surface area contributed by atoms with Gasteiger partial charge in [-0.05, 0) is 25.2 Å². The number of rotatable bonds is 4. The van der Waals surface area contributed by atoms with E-state index in [0.29, 0.717) is 5.92 Å². The molecule has 0 radical (unpaired) electrons. The predicted molar refractivity (Wildman–Crippen MR) is 72.7 cm³/mol. The molecule has 1 aliphatic carbocycles. The van der Waals surface area contributed by atoms with Crippen LogP contribution in [0.4, 0.5) is 0 Å². The Balaban J connectivity index is 2.21. The topological polar surface area (TPSA) is 53.1 Å². The van der Waals surface area contributed by atoms with Gasteiger partial charge in [-0.25, -0.2) is 0 Å². The third kappa shape index (κ3) is 2.53. The van der Waals surface area contributed by atoms with Crippen molar-refractivity contribution in [2.45, 2.75) is 51.0 Å². The van der Waals surface area contributed by atoms with Gasteiger partial charge in [0.15, 0.2) is 5.75 Å². The lowest BCUT2D eigenvalue weighted by molar-refractivity contribution is 0.262. The number of ether oxygens (including phenoxy) is 1. The molecule has 0 spiro atoms. The molecule has 1 saturated carbocycles. The van der Waals surface area contributed by atoms with Crippen molar-refractivity contribution in [3.05, 3.63) is 11.9 Å². The van der Waals surface area contributed by atoms with E-state index in [1.54, 1.807) is 13.3 Å². The van der Waals surface area contributed by atoms with E-state index in [1.165, 1.54) is 31.4 Å². The number of hydrogen-bond acceptors (Lipinski definition) is 3. The smallest absolute Gasteiger partial charge is 0.160 e. The Hall–Kier alpha value is -1.03. The fourth-order valence-corrected chi connectivity index (χ4v) is 3.27. The van der Waals surface area contributed by atoms with Crippen molar-refractivity contribution in [2.75, 3.05) is 7.11 Å². The average molecular weight is 251 g/mol. The molecule has 0 saturated heterocycles. The Morgan fingerprint density at radius 1 is 1.50 bits per heavy atom. The summed E-state index contributed by atoms with van der Waals surface area (Å²) in [7, 11) is 3.69. The summed E-state index contributed by atoms with van der Waals surface area (Å²) < 4.78 is 7.35. The average Bonchev–Trinajstić information content (AvgIpc) is 2.73. The van der Waals surface area contributed by atoms with Gasteiger partial charge in [-0.1, -0.05) is 19.8 Å². The van der Waals surface area contributed by atoms with Gasteiger partial charge in [-0.2, -0.15) is 5.10 Å². The molecule has 1 heterocycles. The highest BCUT2D eigenvalue weighted by Gasteiger charge is 2.32. The van der Waals surface area contributed by atoms with Crippen LogP contribution < -0.4 is 10.5 Å². The molecular formula is C14H25N3O. The summed E-state index contributed by atoms with van der Waals surface area (Å²) in [6.07, 6.45) is 7.92. The first kappa shape index (κ1) is 13.4. The van der Waals surface area contributed by atoms with E-state index in [2.05, 4.69) is 12.0 Å². The zero-order chi connectivity index (χ0) is 13.1. The largest absolute Gasteiger partial charge is 0.493 e. The number of nitrogens with zero attached hydrogens (tertiary/aromatic N) is 2. The standard InChI is InChI=1S/C14H25N3O/c1-4-5-10-6-7-12(15)11(8-10)14-13(18-3)9-16-17(14)2/h9-12H,4-8,15H2,1-3H3. The molecule has 3 unspecified atom stereocenters. The molecule has 0 aliphatic heterocycles. The van der Waals surface area contributed by atoms with Gasteiger partial charge in [0.25, 0.3) is 0 Å². The van der Waals surface area contributed by atoms with Gasteiger partial charge in [-0.15, -0.1) is 0 Å². The molecule has 2 N–H and O–H groups in total. The van der Waals surface area contributed by atoms with E-state index in [4.69, 9.17) is 10.5 Å². The number of aromatic nitrogens is 2. The fraction of sp³-hybridized carbons (Fsp3) is 0.786. The van der Waals surface area contributed by atoms with Crippen molar-refractivity contribution >= 4 is 0 Å². The van der Waals surface area contributed by atoms with Crippen LogP contribution in [0.25, 0.3) is 0 Å². The molecule has 18 heavy (non-hydrogen) atoms. The first-order chi connectivity index (χ1) is 8.67. The second kappa shape index (κ2) is 5.74. The lowest BCUT2D eigenvalue weighted by Crippen LogP contribution is -2.35. The summed E-state index contributed by atoms with van der Waals surface area (Å²) in [4.78, 5) is 0. The van der Waals surface area contributed by atoms with Crippen molar-refractivity contribution in [3.8, 4) is 5.75 Å². The van der Waals surface area contributed by atoms with Crippen LogP contribution in [0.5, 0.6) is 5.75 Å². The fourth-order valence-electron chi connectivity index (χ4n) is 3.27. The third-order valence-electron chi connectivity index (χ3n) is 4.23. The van der Waals surface area contributed by atoms with E-state index in [-0.39, 0.29) is 6.04 Å². The van der Waals surface area contributed by atoms with Crippen molar-refractivity contribution < 1.29 is 4.74 Å². The number of nitrogens with two attached hydrogens (primary N) is 1. The molecule has 0 aromatic carbocycles. The van der Waals surface area contributed by atoms with Gasteiger partial charge in [0.1, 0.15) is 0 Å². The minimum Gasteiger partial charge on any atom is -0.493 e. The summed E-state index contributed by atoms with van der Waals surface area (Å²) in [6, 6.07) is 0.238. The van der Waals surface area contributed by atoms with Crippen LogP contribution in [0, 0.1) is 5.92 Å². The highest BCUT2D eigenvalue weighted by Crippen LogP contribution is 2.40. The number of methoxy groups -OCH3 is 1. The lowest BCUT2D eigenvalue weighted by atomic mass is 9.75. The highest BCUT2D eigenvalue weighted by atomic mass is 16.5. The van der Waals surface area contributed by atoms with Crippen LogP contribution in [0.2, 0.25) is 0 Å². The quantitative estimate of drug-likeness (QED) is 0.894. The second-order valence-electron chi connectivity index (χ2n) is 5.46. The van der Waals surface area contributed by atoms with Crippen LogP contribution in [-0.2, 0) is 7.05 Å². The lowest BCUT2D eigenvalue weighted by Gasteiger charge is -2.34. The molecule has 0 amide bonds. The number of hydrogen-bond donors (Lipinski definition) is 1. The molecule has 1 aromatic rings. The summed E-state index contributed by atoms with van der Waals surface area (Å²) >= 11 is 0. The minimum atomic E-state index is 0.238. The van der Waals surface area contributed by atoms with Gasteiger partial charge in [-0.3, -0.25) is 4.68 Å². The van der Waals surface area contributed by atoms with E-state index in [1.807, 2.05) is 11.7 Å². The first-order valence-corrected chi connectivity index (χ1v) is 6.98. The van der Waals surface area contributed by atoms with Crippen molar-refractivity contribution in [1.29, 1.82) is 0 Å². The Morgan fingerprint density at radius 2 is 2.28 bits per heavy atom. The highest BCUT2D eigenvalue weighted by molar-refractivity contribution is 5.30. The maximum Gasteiger partial charge on any atom is 0.160 e. The molecule has 1 aromatic heterocycles. The van der Waals surface area contributed by atoms with Crippen LogP contribution in [0.15, 0.2) is 6.20 Å². The maximum absolute atomic E-state index is 6.32. The molecule has 0 bridgehead atoms. The van der Waals surface area contributed by atoms with Gasteiger partial charge in [0, 0.05) is 19.0 Å². The SMILES string of the molecule is CCCC1CCC(N)C(c2c(OC)cnn2C)C1. The van der Waals surface area contributed by atoms with Crippen LogP contribution >= 0.6 is 0 Å². The van der Waals surface area contributed by atoms with E-state index < -0.39 is 0 Å². The van der Waals surface area contributed by atoms with E-state index in [0.717, 1.165) is 18.1 Å². The molecule has 3 atom stereocenters. The Morgan fingerprint density at radius 3 is 2.94 bits per heavy atom. The normalized spacial score (nSPS) is 28.3. The zero-order valence-electron chi connectivity index (χ0n) is 11.7. The van der Waals surface area contributed by atoms with Crippen LogP contribution in [-0.4, -0.2) is 22.9 Å². The summed E-state index contributed by atoms with van der Waals surface area (Å²) in [5, 5.41) is 4.30. The summed E-state index contributed by atoms with van der Waals surface area (Å²) in [6.45, 7) is 2.26. The molecule has 1 fully saturated rings. The van der Waals surface area contributed by atoms with Gasteiger partial charge in [0.05, 0.1) is 19.0 Å². The first-order valence-electron chi connectivity index (χ1n) is 6.98. The van der Waals surface area contributed by atoms with Crippen molar-refractivity contribution in [1.82, 2.24) is 9.78 Å². The molecule has 2 rings (SSSR count). The molecular weight excluding hydrogens is 226 g/mol. The van der Waals surface area contributed by atoms with Gasteiger partial charge in [0.2, 0.25) is 0 Å². The third-order valence-corrected chi connectivity index (χ3v) is 4.23. The number of aryl methyl sites for hydroxylation is 1. The Labute approximate surface area is 110 Å². The van der Waals surface area contributed by atoms with E-state index in [9.17, 15) is 0 Å². The second-order valence-corrected chi connectivity index (χ2v) is 5.46. The molecule has 102 valence electrons. The monoisotopic (exact) mass is 251 g/mol. The molecule has 1 aliphatic rings. The van der Waals surface area contributed by atoms with Gasteiger partial charge < -0.3 is 10.5 Å². The summed E-state index contributed by atoms with van der Waals surface area (Å²) in [5.41, 5.74) is 7.50. The van der Waals surface area contributed by atoms with Crippen LogP contribution in [0.3, 0.4) is 0 Å². The Kier molecular flexibility index (Phi) is 4.27. The van der Waals surface area contributed by atoms with E-state index >= 15 is 0 Å². The molecule has 4 heteroatoms. The van der Waals surface area contributed by atoms with Crippen LogP contribution in [0.1, 0.15) is 50.6 Å². The van der Waals surface area contributed by atoms with Crippen molar-refractivity contribution in [3.63, 3.8) is 0 Å².